The Morgan fingerprint density at radius 1 is 1.42 bits per heavy atom. The molecule has 0 amide bonds. The van der Waals surface area contributed by atoms with Crippen molar-refractivity contribution >= 4 is 11.6 Å². The second-order valence-corrected chi connectivity index (χ2v) is 4.65. The van der Waals surface area contributed by atoms with Gasteiger partial charge in [-0.1, -0.05) is 24.9 Å². The minimum Gasteiger partial charge on any atom is -0.297 e. The number of halogens is 1. The third-order valence-corrected chi connectivity index (χ3v) is 3.22. The van der Waals surface area contributed by atoms with Crippen molar-refractivity contribution in [1.29, 1.82) is 0 Å². The van der Waals surface area contributed by atoms with Crippen LogP contribution in [0.5, 0.6) is 0 Å². The van der Waals surface area contributed by atoms with Crippen molar-refractivity contribution in [3.8, 4) is 5.69 Å². The van der Waals surface area contributed by atoms with Crippen LogP contribution < -0.4 is 11.2 Å². The van der Waals surface area contributed by atoms with Gasteiger partial charge in [0.15, 0.2) is 0 Å². The van der Waals surface area contributed by atoms with Crippen molar-refractivity contribution in [2.45, 2.75) is 26.7 Å². The summed E-state index contributed by atoms with van der Waals surface area (Å²) >= 11 is 5.93. The molecule has 100 valence electrons. The van der Waals surface area contributed by atoms with E-state index in [2.05, 4.69) is 9.97 Å². The molecule has 0 aliphatic rings. The van der Waals surface area contributed by atoms with Gasteiger partial charge in [-0.15, -0.1) is 0 Å². The smallest absolute Gasteiger partial charge is 0.297 e. The molecule has 2 aromatic heterocycles. The number of pyridine rings is 1. The minimum atomic E-state index is -0.550. The van der Waals surface area contributed by atoms with Crippen LogP contribution in [0.2, 0.25) is 5.15 Å². The molecule has 1 N–H and O–H groups in total. The van der Waals surface area contributed by atoms with Crippen molar-refractivity contribution in [3.05, 3.63) is 55.6 Å². The number of hydrogen-bond donors (Lipinski definition) is 1. The molecule has 0 saturated carbocycles. The monoisotopic (exact) mass is 279 g/mol. The number of H-pyrrole nitrogens is 1. The lowest BCUT2D eigenvalue weighted by Crippen LogP contribution is -2.36. The molecule has 0 aromatic carbocycles. The highest BCUT2D eigenvalue weighted by atomic mass is 35.5. The lowest BCUT2D eigenvalue weighted by Gasteiger charge is -2.10. The van der Waals surface area contributed by atoms with Crippen molar-refractivity contribution in [2.24, 2.45) is 0 Å². The van der Waals surface area contributed by atoms with Gasteiger partial charge >= 0.3 is 5.69 Å². The molecule has 2 heterocycles. The maximum Gasteiger partial charge on any atom is 0.334 e. The maximum atomic E-state index is 12.4. The summed E-state index contributed by atoms with van der Waals surface area (Å²) in [5.74, 6) is 0. The summed E-state index contributed by atoms with van der Waals surface area (Å²) < 4.78 is 1.08. The Hall–Kier alpha value is -1.88. The number of nitrogens with zero attached hydrogens (tertiary/aromatic N) is 2. The van der Waals surface area contributed by atoms with Crippen LogP contribution in [0.4, 0.5) is 0 Å². The average Bonchev–Trinajstić information content (AvgIpc) is 2.36. The molecular formula is C13H14ClN3O2. The van der Waals surface area contributed by atoms with E-state index in [-0.39, 0.29) is 10.7 Å². The summed E-state index contributed by atoms with van der Waals surface area (Å²) in [6.07, 6.45) is 4.40. The van der Waals surface area contributed by atoms with Crippen molar-refractivity contribution < 1.29 is 0 Å². The largest absolute Gasteiger partial charge is 0.334 e. The molecule has 2 aromatic rings. The number of hydrogen-bond acceptors (Lipinski definition) is 3. The summed E-state index contributed by atoms with van der Waals surface area (Å²) in [5.41, 5.74) is 0.764. The Kier molecular flexibility index (Phi) is 3.85. The van der Waals surface area contributed by atoms with Crippen LogP contribution in [0.3, 0.4) is 0 Å². The molecule has 19 heavy (non-hydrogen) atoms. The second-order valence-electron chi connectivity index (χ2n) is 4.28. The second kappa shape index (κ2) is 5.40. The highest BCUT2D eigenvalue weighted by Crippen LogP contribution is 2.11. The zero-order valence-corrected chi connectivity index (χ0v) is 11.5. The summed E-state index contributed by atoms with van der Waals surface area (Å²) in [6.45, 7) is 3.76. The van der Waals surface area contributed by atoms with Gasteiger partial charge in [-0.2, -0.15) is 0 Å². The fourth-order valence-electron chi connectivity index (χ4n) is 1.92. The number of aromatic amines is 1. The van der Waals surface area contributed by atoms with Gasteiger partial charge in [0.25, 0.3) is 5.56 Å². The number of rotatable bonds is 3. The zero-order valence-electron chi connectivity index (χ0n) is 10.7. The summed E-state index contributed by atoms with van der Waals surface area (Å²) in [4.78, 5) is 30.8. The van der Waals surface area contributed by atoms with E-state index in [1.165, 1.54) is 6.20 Å². The molecule has 0 aliphatic carbocycles. The predicted molar refractivity (Wildman–Crippen MR) is 74.2 cm³/mol. The summed E-state index contributed by atoms with van der Waals surface area (Å²) in [6, 6.07) is 1.75. The third kappa shape index (κ3) is 2.46. The molecule has 0 fully saturated rings. The molecule has 0 aliphatic heterocycles. The molecule has 0 unspecified atom stereocenters. The maximum absolute atomic E-state index is 12.4. The fraction of sp³-hybridized carbons (Fsp3) is 0.308. The van der Waals surface area contributed by atoms with Gasteiger partial charge in [0.2, 0.25) is 0 Å². The van der Waals surface area contributed by atoms with E-state index in [0.717, 1.165) is 16.6 Å². The Morgan fingerprint density at radius 2 is 2.16 bits per heavy atom. The highest BCUT2D eigenvalue weighted by Gasteiger charge is 2.14. The van der Waals surface area contributed by atoms with E-state index in [9.17, 15) is 9.59 Å². The van der Waals surface area contributed by atoms with E-state index >= 15 is 0 Å². The van der Waals surface area contributed by atoms with E-state index < -0.39 is 5.69 Å². The van der Waals surface area contributed by atoms with E-state index in [4.69, 9.17) is 11.6 Å². The zero-order chi connectivity index (χ0) is 14.0. The molecule has 0 spiro atoms. The molecule has 0 atom stereocenters. The SMILES string of the molecule is CCCc1c(Cl)[nH]c(=O)n(-c2cnccc2C)c1=O. The average molecular weight is 280 g/mol. The van der Waals surface area contributed by atoms with Gasteiger partial charge in [-0.05, 0) is 25.0 Å². The lowest BCUT2D eigenvalue weighted by molar-refractivity contribution is 0.805. The van der Waals surface area contributed by atoms with Crippen molar-refractivity contribution in [1.82, 2.24) is 14.5 Å². The number of aryl methyl sites for hydroxylation is 1. The van der Waals surface area contributed by atoms with Crippen LogP contribution in [-0.2, 0) is 6.42 Å². The van der Waals surface area contributed by atoms with Gasteiger partial charge in [0.05, 0.1) is 17.4 Å². The Bertz CT molecular complexity index is 719. The van der Waals surface area contributed by atoms with Gasteiger partial charge in [0.1, 0.15) is 5.15 Å². The van der Waals surface area contributed by atoms with Crippen LogP contribution in [-0.4, -0.2) is 14.5 Å². The molecule has 0 bridgehead atoms. The molecule has 6 heteroatoms. The first-order chi connectivity index (χ1) is 9.06. The fourth-order valence-corrected chi connectivity index (χ4v) is 2.18. The van der Waals surface area contributed by atoms with Crippen molar-refractivity contribution in [2.75, 3.05) is 0 Å². The lowest BCUT2D eigenvalue weighted by atomic mass is 10.2. The number of nitrogens with one attached hydrogen (secondary N) is 1. The Morgan fingerprint density at radius 3 is 2.79 bits per heavy atom. The van der Waals surface area contributed by atoms with Gasteiger partial charge in [-0.25, -0.2) is 9.36 Å². The summed E-state index contributed by atoms with van der Waals surface area (Å²) in [5, 5.41) is 0.120. The Labute approximate surface area is 114 Å². The van der Waals surface area contributed by atoms with Gasteiger partial charge < -0.3 is 0 Å². The molecule has 5 nitrogen and oxygen atoms in total. The third-order valence-electron chi connectivity index (χ3n) is 2.90. The van der Waals surface area contributed by atoms with E-state index in [0.29, 0.717) is 17.7 Å². The summed E-state index contributed by atoms with van der Waals surface area (Å²) in [7, 11) is 0. The first kappa shape index (κ1) is 13.5. The van der Waals surface area contributed by atoms with Crippen LogP contribution in [0.25, 0.3) is 5.69 Å². The van der Waals surface area contributed by atoms with Gasteiger partial charge in [-0.3, -0.25) is 14.8 Å². The first-order valence-corrected chi connectivity index (χ1v) is 6.38. The van der Waals surface area contributed by atoms with Crippen molar-refractivity contribution in [3.63, 3.8) is 0 Å². The van der Waals surface area contributed by atoms with Crippen LogP contribution in [0, 0.1) is 6.92 Å². The molecule has 0 saturated heterocycles. The molecule has 2 rings (SSSR count). The van der Waals surface area contributed by atoms with Gasteiger partial charge in [0, 0.05) is 6.20 Å². The minimum absolute atomic E-state index is 0.120. The number of aromatic nitrogens is 3. The highest BCUT2D eigenvalue weighted by molar-refractivity contribution is 6.30. The normalized spacial score (nSPS) is 10.7. The topological polar surface area (TPSA) is 67.8 Å². The van der Waals surface area contributed by atoms with E-state index in [1.807, 2.05) is 13.8 Å². The van der Waals surface area contributed by atoms with Crippen LogP contribution in [0.1, 0.15) is 24.5 Å². The Balaban J connectivity index is 2.78. The standard InChI is InChI=1S/C13H14ClN3O2/c1-3-4-9-11(14)16-13(19)17(12(9)18)10-7-15-6-5-8(10)2/h5-7H,3-4H2,1-2H3,(H,16,19). The predicted octanol–water partition coefficient (Wildman–Crippen LogP) is 1.84. The van der Waals surface area contributed by atoms with E-state index in [1.54, 1.807) is 12.3 Å². The van der Waals surface area contributed by atoms with Crippen LogP contribution in [0.15, 0.2) is 28.0 Å². The quantitative estimate of drug-likeness (QED) is 0.872. The first-order valence-electron chi connectivity index (χ1n) is 6.01. The van der Waals surface area contributed by atoms with Crippen LogP contribution >= 0.6 is 11.6 Å². The molecule has 0 radical (unpaired) electrons. The molecular weight excluding hydrogens is 266 g/mol.